The van der Waals surface area contributed by atoms with E-state index in [-0.39, 0.29) is 0 Å². The summed E-state index contributed by atoms with van der Waals surface area (Å²) in [5.74, 6) is 0.591. The summed E-state index contributed by atoms with van der Waals surface area (Å²) in [6.07, 6.45) is 0. The lowest BCUT2D eigenvalue weighted by molar-refractivity contribution is 0.995. The molecule has 0 fully saturated rings. The zero-order chi connectivity index (χ0) is 50.4. The van der Waals surface area contributed by atoms with Crippen LogP contribution in [0.25, 0.3) is 88.9 Å². The molecule has 76 heavy (non-hydrogen) atoms. The molecule has 3 heterocycles. The first-order valence-corrected chi connectivity index (χ1v) is 25.7. The van der Waals surface area contributed by atoms with Gasteiger partial charge in [-0.05, 0) is 126 Å². The molecule has 14 rings (SSSR count). The van der Waals surface area contributed by atoms with Crippen LogP contribution in [0.15, 0.2) is 291 Å². The fraction of sp³-hybridized carbons (Fsp3) is 0. The summed E-state index contributed by atoms with van der Waals surface area (Å²) in [5, 5.41) is 4.58. The first-order chi connectivity index (χ1) is 37.7. The quantitative estimate of drug-likeness (QED) is 0.130. The fourth-order valence-electron chi connectivity index (χ4n) is 11.1. The summed E-state index contributed by atoms with van der Waals surface area (Å²) >= 11 is 0. The van der Waals surface area contributed by atoms with E-state index in [0.29, 0.717) is 5.95 Å². The van der Waals surface area contributed by atoms with Gasteiger partial charge in [0.15, 0.2) is 0 Å². The topological polar surface area (TPSA) is 42.1 Å². The standard InChI is InChI=1S/C70H48N6/c1-6-23-49(24-7-1)58-35-16-17-36-59(58)65-48-64(71-70(72-65)76-67-40-21-19-38-61(67)63-47-57(42-44-69(63)76)74(53-30-12-4-13-31-53)54-32-14-5-15-33-54)50-25-22-34-55(45-50)75-66-39-20-18-37-60(66)62-46-56(41-43-68(62)75)73(51-26-8-2-9-27-51)52-28-10-3-11-29-52/h1-48H. The molecule has 0 atom stereocenters. The molecular weight excluding hydrogens is 925 g/mol. The van der Waals surface area contributed by atoms with Crippen molar-refractivity contribution in [3.63, 3.8) is 0 Å². The van der Waals surface area contributed by atoms with Gasteiger partial charge < -0.3 is 14.4 Å². The smallest absolute Gasteiger partial charge is 0.235 e. The third-order valence-electron chi connectivity index (χ3n) is 14.5. The highest BCUT2D eigenvalue weighted by Crippen LogP contribution is 2.43. The van der Waals surface area contributed by atoms with E-state index in [1.807, 2.05) is 0 Å². The molecule has 0 aliphatic rings. The fourth-order valence-corrected chi connectivity index (χ4v) is 11.1. The lowest BCUT2D eigenvalue weighted by atomic mass is 9.97. The molecule has 11 aromatic carbocycles. The van der Waals surface area contributed by atoms with Crippen molar-refractivity contribution in [1.29, 1.82) is 0 Å². The van der Waals surface area contributed by atoms with Gasteiger partial charge in [0.25, 0.3) is 0 Å². The van der Waals surface area contributed by atoms with Gasteiger partial charge in [-0.15, -0.1) is 0 Å². The van der Waals surface area contributed by atoms with E-state index in [9.17, 15) is 0 Å². The molecule has 14 aromatic rings. The predicted octanol–water partition coefficient (Wildman–Crippen LogP) is 18.6. The van der Waals surface area contributed by atoms with E-state index < -0.39 is 0 Å². The van der Waals surface area contributed by atoms with Crippen LogP contribution in [0.5, 0.6) is 0 Å². The van der Waals surface area contributed by atoms with Gasteiger partial charge in [0.1, 0.15) is 0 Å². The molecule has 0 amide bonds. The minimum atomic E-state index is 0.591. The van der Waals surface area contributed by atoms with Gasteiger partial charge in [0.05, 0.1) is 33.5 Å². The monoisotopic (exact) mass is 972 g/mol. The minimum absolute atomic E-state index is 0.591. The summed E-state index contributed by atoms with van der Waals surface area (Å²) in [4.78, 5) is 15.8. The number of aromatic nitrogens is 4. The van der Waals surface area contributed by atoms with Crippen LogP contribution in [0.1, 0.15) is 0 Å². The van der Waals surface area contributed by atoms with Gasteiger partial charge >= 0.3 is 0 Å². The Morgan fingerprint density at radius 3 is 1.20 bits per heavy atom. The van der Waals surface area contributed by atoms with Crippen molar-refractivity contribution in [3.05, 3.63) is 291 Å². The van der Waals surface area contributed by atoms with E-state index in [4.69, 9.17) is 9.97 Å². The van der Waals surface area contributed by atoms with E-state index in [0.717, 1.165) is 106 Å². The Kier molecular flexibility index (Phi) is 11.1. The number of anilines is 6. The normalized spacial score (nSPS) is 11.4. The maximum absolute atomic E-state index is 5.59. The van der Waals surface area contributed by atoms with Gasteiger partial charge in [-0.3, -0.25) is 4.57 Å². The second-order valence-electron chi connectivity index (χ2n) is 19.0. The molecule has 0 saturated heterocycles. The summed E-state index contributed by atoms with van der Waals surface area (Å²) < 4.78 is 4.63. The third-order valence-corrected chi connectivity index (χ3v) is 14.5. The Bertz CT molecular complexity index is 4320. The van der Waals surface area contributed by atoms with Gasteiger partial charge in [-0.25, -0.2) is 9.97 Å². The van der Waals surface area contributed by atoms with Crippen molar-refractivity contribution in [2.24, 2.45) is 0 Å². The van der Waals surface area contributed by atoms with Crippen LogP contribution in [0.4, 0.5) is 34.1 Å². The minimum Gasteiger partial charge on any atom is -0.310 e. The number of rotatable bonds is 11. The molecule has 6 nitrogen and oxygen atoms in total. The molecule has 0 N–H and O–H groups in total. The highest BCUT2D eigenvalue weighted by molar-refractivity contribution is 6.12. The average Bonchev–Trinajstić information content (AvgIpc) is 4.02. The molecule has 0 radical (unpaired) electrons. The lowest BCUT2D eigenvalue weighted by Gasteiger charge is -2.25. The lowest BCUT2D eigenvalue weighted by Crippen LogP contribution is -2.09. The largest absolute Gasteiger partial charge is 0.310 e. The SMILES string of the molecule is c1ccc(-c2ccccc2-c2cc(-c3cccc(-n4c5ccccc5c5cc(N(c6ccccc6)c6ccccc6)ccc54)c3)nc(-n3c4ccccc4c4cc(N(c5ccccc5)c5ccccc5)ccc43)n2)cc1. The van der Waals surface area contributed by atoms with Crippen LogP contribution in [-0.4, -0.2) is 19.1 Å². The molecule has 3 aromatic heterocycles. The van der Waals surface area contributed by atoms with Crippen LogP contribution in [0.2, 0.25) is 0 Å². The van der Waals surface area contributed by atoms with Crippen molar-refractivity contribution in [2.45, 2.75) is 0 Å². The molecule has 358 valence electrons. The van der Waals surface area contributed by atoms with E-state index in [1.165, 1.54) is 10.8 Å². The van der Waals surface area contributed by atoms with E-state index in [2.05, 4.69) is 310 Å². The summed E-state index contributed by atoms with van der Waals surface area (Å²) in [6, 6.07) is 103. The molecule has 0 saturated carbocycles. The first-order valence-electron chi connectivity index (χ1n) is 25.7. The van der Waals surface area contributed by atoms with Crippen LogP contribution in [0, 0.1) is 0 Å². The highest BCUT2D eigenvalue weighted by Gasteiger charge is 2.22. The Morgan fingerprint density at radius 2 is 0.658 bits per heavy atom. The zero-order valence-corrected chi connectivity index (χ0v) is 41.4. The van der Waals surface area contributed by atoms with E-state index >= 15 is 0 Å². The van der Waals surface area contributed by atoms with Crippen molar-refractivity contribution in [2.75, 3.05) is 9.80 Å². The second kappa shape index (κ2) is 19.0. The molecular formula is C70H48N6. The Balaban J connectivity index is 0.955. The number of para-hydroxylation sites is 6. The number of hydrogen-bond donors (Lipinski definition) is 0. The molecule has 0 aliphatic heterocycles. The number of hydrogen-bond acceptors (Lipinski definition) is 4. The third kappa shape index (κ3) is 7.84. The Morgan fingerprint density at radius 1 is 0.250 bits per heavy atom. The molecule has 0 bridgehead atoms. The van der Waals surface area contributed by atoms with E-state index in [1.54, 1.807) is 0 Å². The van der Waals surface area contributed by atoms with Crippen LogP contribution >= 0.6 is 0 Å². The summed E-state index contributed by atoms with van der Waals surface area (Å²) in [7, 11) is 0. The summed E-state index contributed by atoms with van der Waals surface area (Å²) in [6.45, 7) is 0. The van der Waals surface area contributed by atoms with Crippen molar-refractivity contribution >= 4 is 77.7 Å². The average molecular weight is 973 g/mol. The Hall–Kier alpha value is -10.3. The number of fused-ring (bicyclic) bond motifs is 6. The summed E-state index contributed by atoms with van der Waals surface area (Å²) in [5.41, 5.74) is 17.7. The Labute approximate surface area is 440 Å². The highest BCUT2D eigenvalue weighted by atomic mass is 15.2. The van der Waals surface area contributed by atoms with Crippen LogP contribution in [-0.2, 0) is 0 Å². The zero-order valence-electron chi connectivity index (χ0n) is 41.4. The number of nitrogens with zero attached hydrogens (tertiary/aromatic N) is 6. The first kappa shape index (κ1) is 44.4. The molecule has 0 spiro atoms. The molecule has 6 heteroatoms. The van der Waals surface area contributed by atoms with Gasteiger partial charge in [-0.1, -0.05) is 176 Å². The van der Waals surface area contributed by atoms with Crippen LogP contribution < -0.4 is 9.80 Å². The molecule has 0 aliphatic carbocycles. The van der Waals surface area contributed by atoms with Crippen molar-refractivity contribution in [1.82, 2.24) is 19.1 Å². The van der Waals surface area contributed by atoms with Gasteiger partial charge in [-0.2, -0.15) is 0 Å². The van der Waals surface area contributed by atoms with Crippen LogP contribution in [0.3, 0.4) is 0 Å². The predicted molar refractivity (Wildman–Crippen MR) is 316 cm³/mol. The van der Waals surface area contributed by atoms with Crippen molar-refractivity contribution < 1.29 is 0 Å². The second-order valence-corrected chi connectivity index (χ2v) is 19.0. The van der Waals surface area contributed by atoms with Gasteiger partial charge in [0, 0.05) is 72.5 Å². The maximum atomic E-state index is 5.59. The maximum Gasteiger partial charge on any atom is 0.235 e. The molecule has 0 unspecified atom stereocenters. The van der Waals surface area contributed by atoms with Gasteiger partial charge in [0.2, 0.25) is 5.95 Å². The number of benzene rings is 11. The van der Waals surface area contributed by atoms with Crippen molar-refractivity contribution in [3.8, 4) is 45.3 Å².